The van der Waals surface area contributed by atoms with E-state index in [1.807, 2.05) is 63.2 Å². The number of aryl methyl sites for hydroxylation is 1. The molecule has 2 rings (SSSR count). The summed E-state index contributed by atoms with van der Waals surface area (Å²) in [5.41, 5.74) is 2.92. The number of carbonyl (C=O) groups excluding carboxylic acids is 1. The van der Waals surface area contributed by atoms with Crippen LogP contribution in [-0.2, 0) is 4.79 Å². The minimum atomic E-state index is -0.190. The second kappa shape index (κ2) is 7.47. The molecule has 1 unspecified atom stereocenters. The van der Waals surface area contributed by atoms with E-state index in [0.29, 0.717) is 5.75 Å². The van der Waals surface area contributed by atoms with Crippen LogP contribution in [0.4, 0.5) is 0 Å². The molecular weight excluding hydrogens is 272 g/mol. The van der Waals surface area contributed by atoms with E-state index in [4.69, 9.17) is 4.74 Å². The van der Waals surface area contributed by atoms with Crippen molar-refractivity contribution in [2.45, 2.75) is 27.2 Å². The third kappa shape index (κ3) is 4.23. The number of hydrogen-bond acceptors (Lipinski definition) is 2. The smallest absolute Gasteiger partial charge is 0.314 e. The van der Waals surface area contributed by atoms with E-state index >= 15 is 0 Å². The Hall–Kier alpha value is -2.53. The van der Waals surface area contributed by atoms with Gasteiger partial charge in [-0.15, -0.1) is 0 Å². The van der Waals surface area contributed by atoms with Crippen molar-refractivity contribution in [1.29, 1.82) is 0 Å². The van der Waals surface area contributed by atoms with Crippen LogP contribution in [0.1, 0.15) is 37.0 Å². The Labute approximate surface area is 132 Å². The highest BCUT2D eigenvalue weighted by molar-refractivity contribution is 5.74. The lowest BCUT2D eigenvalue weighted by Gasteiger charge is -2.09. The standard InChI is InChI=1S/C20H20O2/c1-4-15(2)20(21)22-19-13-12-18(16(3)14-19)11-10-17-8-6-5-7-9-17/h5-9,12-15H,4H2,1-3H3. The largest absolute Gasteiger partial charge is 0.426 e. The van der Waals surface area contributed by atoms with Gasteiger partial charge in [-0.3, -0.25) is 4.79 Å². The molecule has 22 heavy (non-hydrogen) atoms. The van der Waals surface area contributed by atoms with Gasteiger partial charge < -0.3 is 4.74 Å². The van der Waals surface area contributed by atoms with Gasteiger partial charge in [-0.25, -0.2) is 0 Å². The summed E-state index contributed by atoms with van der Waals surface area (Å²) < 4.78 is 5.38. The van der Waals surface area contributed by atoms with Crippen molar-refractivity contribution in [1.82, 2.24) is 0 Å². The van der Waals surface area contributed by atoms with Crippen LogP contribution in [0.3, 0.4) is 0 Å². The van der Waals surface area contributed by atoms with Gasteiger partial charge in [0.15, 0.2) is 0 Å². The zero-order valence-electron chi connectivity index (χ0n) is 13.2. The van der Waals surface area contributed by atoms with Crippen LogP contribution < -0.4 is 4.74 Å². The summed E-state index contributed by atoms with van der Waals surface area (Å²) in [6, 6.07) is 15.4. The van der Waals surface area contributed by atoms with Crippen LogP contribution in [0.2, 0.25) is 0 Å². The number of esters is 1. The van der Waals surface area contributed by atoms with Gasteiger partial charge in [0.25, 0.3) is 0 Å². The average Bonchev–Trinajstić information content (AvgIpc) is 2.54. The number of ether oxygens (including phenoxy) is 1. The molecule has 0 aromatic heterocycles. The maximum atomic E-state index is 11.8. The first kappa shape index (κ1) is 15.9. The van der Waals surface area contributed by atoms with E-state index in [0.717, 1.165) is 23.1 Å². The summed E-state index contributed by atoms with van der Waals surface area (Å²) in [4.78, 5) is 11.8. The van der Waals surface area contributed by atoms with Crippen LogP contribution in [0.25, 0.3) is 0 Å². The minimum Gasteiger partial charge on any atom is -0.426 e. The van der Waals surface area contributed by atoms with E-state index in [9.17, 15) is 4.79 Å². The number of carbonyl (C=O) groups is 1. The molecule has 112 valence electrons. The number of benzene rings is 2. The predicted molar refractivity (Wildman–Crippen MR) is 88.7 cm³/mol. The first-order valence-electron chi connectivity index (χ1n) is 7.49. The van der Waals surface area contributed by atoms with Gasteiger partial charge in [0, 0.05) is 11.1 Å². The molecule has 0 spiro atoms. The molecule has 0 fully saturated rings. The Morgan fingerprint density at radius 1 is 1.14 bits per heavy atom. The molecule has 0 radical (unpaired) electrons. The Balaban J connectivity index is 2.14. The summed E-state index contributed by atoms with van der Waals surface area (Å²) in [5, 5.41) is 0. The Bertz CT molecular complexity index is 705. The first-order chi connectivity index (χ1) is 10.6. The molecule has 2 aromatic carbocycles. The third-order valence-electron chi connectivity index (χ3n) is 3.55. The molecule has 1 atom stereocenters. The van der Waals surface area contributed by atoms with E-state index in [2.05, 4.69) is 11.8 Å². The van der Waals surface area contributed by atoms with Crippen LogP contribution in [-0.4, -0.2) is 5.97 Å². The lowest BCUT2D eigenvalue weighted by atomic mass is 10.1. The van der Waals surface area contributed by atoms with Gasteiger partial charge in [0.2, 0.25) is 0 Å². The summed E-state index contributed by atoms with van der Waals surface area (Å²) in [6.07, 6.45) is 0.776. The van der Waals surface area contributed by atoms with E-state index in [1.54, 1.807) is 6.07 Å². The lowest BCUT2D eigenvalue weighted by Crippen LogP contribution is -2.16. The molecule has 0 aliphatic carbocycles. The van der Waals surface area contributed by atoms with Crippen LogP contribution in [0, 0.1) is 24.7 Å². The van der Waals surface area contributed by atoms with Crippen molar-refractivity contribution < 1.29 is 9.53 Å². The Morgan fingerprint density at radius 3 is 2.50 bits per heavy atom. The Kier molecular flexibility index (Phi) is 5.38. The zero-order valence-corrected chi connectivity index (χ0v) is 13.2. The maximum Gasteiger partial charge on any atom is 0.314 e. The number of hydrogen-bond donors (Lipinski definition) is 0. The molecule has 0 bridgehead atoms. The van der Waals surface area contributed by atoms with Crippen LogP contribution in [0.15, 0.2) is 48.5 Å². The molecule has 0 amide bonds. The van der Waals surface area contributed by atoms with Crippen molar-refractivity contribution in [2.75, 3.05) is 0 Å². The molecule has 0 N–H and O–H groups in total. The van der Waals surface area contributed by atoms with Crippen molar-refractivity contribution in [3.05, 3.63) is 65.2 Å². The SMILES string of the molecule is CCC(C)C(=O)Oc1ccc(C#Cc2ccccc2)c(C)c1. The van der Waals surface area contributed by atoms with Crippen LogP contribution in [0.5, 0.6) is 5.75 Å². The topological polar surface area (TPSA) is 26.3 Å². The second-order valence-electron chi connectivity index (χ2n) is 5.32. The van der Waals surface area contributed by atoms with Crippen molar-refractivity contribution >= 4 is 5.97 Å². The van der Waals surface area contributed by atoms with Crippen molar-refractivity contribution in [2.24, 2.45) is 5.92 Å². The quantitative estimate of drug-likeness (QED) is 0.478. The van der Waals surface area contributed by atoms with Gasteiger partial charge in [-0.2, -0.15) is 0 Å². The van der Waals surface area contributed by atoms with Gasteiger partial charge in [-0.1, -0.05) is 43.9 Å². The van der Waals surface area contributed by atoms with Gasteiger partial charge in [0.1, 0.15) is 5.75 Å². The molecule has 0 heterocycles. The summed E-state index contributed by atoms with van der Waals surface area (Å²) >= 11 is 0. The molecule has 0 aliphatic rings. The van der Waals surface area contributed by atoms with Crippen molar-refractivity contribution in [3.63, 3.8) is 0 Å². The molecule has 2 nitrogen and oxygen atoms in total. The highest BCUT2D eigenvalue weighted by atomic mass is 16.5. The second-order valence-corrected chi connectivity index (χ2v) is 5.32. The van der Waals surface area contributed by atoms with E-state index < -0.39 is 0 Å². The van der Waals surface area contributed by atoms with Crippen LogP contribution >= 0.6 is 0 Å². The predicted octanol–water partition coefficient (Wildman–Crippen LogP) is 4.35. The Morgan fingerprint density at radius 2 is 1.86 bits per heavy atom. The fraction of sp³-hybridized carbons (Fsp3) is 0.250. The zero-order chi connectivity index (χ0) is 15.9. The fourth-order valence-electron chi connectivity index (χ4n) is 1.88. The van der Waals surface area contributed by atoms with E-state index in [1.165, 1.54) is 0 Å². The lowest BCUT2D eigenvalue weighted by molar-refractivity contribution is -0.138. The molecule has 0 aliphatic heterocycles. The number of rotatable bonds is 3. The van der Waals surface area contributed by atoms with Crippen molar-refractivity contribution in [3.8, 4) is 17.6 Å². The first-order valence-corrected chi connectivity index (χ1v) is 7.49. The summed E-state index contributed by atoms with van der Waals surface area (Å²) in [7, 11) is 0. The van der Waals surface area contributed by atoms with Gasteiger partial charge in [0.05, 0.1) is 5.92 Å². The highest BCUT2D eigenvalue weighted by Gasteiger charge is 2.13. The molecule has 0 saturated heterocycles. The maximum absolute atomic E-state index is 11.8. The molecule has 0 saturated carbocycles. The molecule has 2 heteroatoms. The van der Waals surface area contributed by atoms with Gasteiger partial charge >= 0.3 is 5.97 Å². The fourth-order valence-corrected chi connectivity index (χ4v) is 1.88. The average molecular weight is 292 g/mol. The third-order valence-corrected chi connectivity index (χ3v) is 3.55. The van der Waals surface area contributed by atoms with E-state index in [-0.39, 0.29) is 11.9 Å². The summed E-state index contributed by atoms with van der Waals surface area (Å²) in [5.74, 6) is 6.59. The monoisotopic (exact) mass is 292 g/mol. The summed E-state index contributed by atoms with van der Waals surface area (Å²) in [6.45, 7) is 5.81. The molecular formula is C20H20O2. The van der Waals surface area contributed by atoms with Gasteiger partial charge in [-0.05, 0) is 49.2 Å². The molecule has 2 aromatic rings. The highest BCUT2D eigenvalue weighted by Crippen LogP contribution is 2.18. The minimum absolute atomic E-state index is 0.0853. The normalized spacial score (nSPS) is 11.2.